The standard InChI is InChI=1S/C13H16ClNO4/c1-13(2,3)19-12(18)15-9-5-4-8(6-10(9)16)11(17)7-14/h4-6,16H,7H2,1-3H3,(H,15,18). The van der Waals surface area contributed by atoms with Crippen LogP contribution >= 0.6 is 11.6 Å². The quantitative estimate of drug-likeness (QED) is 0.508. The van der Waals surface area contributed by atoms with Crippen molar-refractivity contribution in [2.75, 3.05) is 11.2 Å². The summed E-state index contributed by atoms with van der Waals surface area (Å²) in [5.41, 5.74) is -0.184. The molecule has 0 saturated heterocycles. The zero-order valence-electron chi connectivity index (χ0n) is 11.0. The first-order chi connectivity index (χ1) is 8.73. The molecule has 2 N–H and O–H groups in total. The van der Waals surface area contributed by atoms with Crippen LogP contribution in [0.15, 0.2) is 18.2 Å². The van der Waals surface area contributed by atoms with Crippen molar-refractivity contribution in [1.29, 1.82) is 0 Å². The first-order valence-corrected chi connectivity index (χ1v) is 6.18. The molecule has 0 fully saturated rings. The Kier molecular flexibility index (Phi) is 4.78. The molecule has 0 aromatic heterocycles. The van der Waals surface area contributed by atoms with E-state index in [0.717, 1.165) is 0 Å². The second kappa shape index (κ2) is 5.93. The van der Waals surface area contributed by atoms with E-state index in [4.69, 9.17) is 16.3 Å². The Bertz CT molecular complexity index is 494. The van der Waals surface area contributed by atoms with Crippen LogP contribution in [0.3, 0.4) is 0 Å². The average molecular weight is 286 g/mol. The van der Waals surface area contributed by atoms with E-state index in [1.165, 1.54) is 18.2 Å². The average Bonchev–Trinajstić information content (AvgIpc) is 2.28. The third-order valence-electron chi connectivity index (χ3n) is 2.08. The Labute approximate surface area is 116 Å². The number of phenols is 1. The maximum Gasteiger partial charge on any atom is 0.412 e. The number of phenolic OH excluding ortho intramolecular Hbond substituents is 1. The molecule has 5 nitrogen and oxygen atoms in total. The van der Waals surface area contributed by atoms with E-state index in [-0.39, 0.29) is 28.7 Å². The third kappa shape index (κ3) is 4.79. The number of carbonyl (C=O) groups excluding carboxylic acids is 2. The highest BCUT2D eigenvalue weighted by atomic mass is 35.5. The molecule has 1 amide bonds. The molecule has 0 saturated carbocycles. The maximum atomic E-state index is 11.5. The summed E-state index contributed by atoms with van der Waals surface area (Å²) in [7, 11) is 0. The van der Waals surface area contributed by atoms with Gasteiger partial charge in [-0.05, 0) is 39.0 Å². The molecule has 6 heteroatoms. The molecular formula is C13H16ClNO4. The van der Waals surface area contributed by atoms with Gasteiger partial charge >= 0.3 is 6.09 Å². The summed E-state index contributed by atoms with van der Waals surface area (Å²) in [6, 6.07) is 4.13. The molecule has 0 aliphatic heterocycles. The van der Waals surface area contributed by atoms with E-state index in [9.17, 15) is 14.7 Å². The summed E-state index contributed by atoms with van der Waals surface area (Å²) in [5.74, 6) is -0.694. The lowest BCUT2D eigenvalue weighted by Crippen LogP contribution is -2.27. The van der Waals surface area contributed by atoms with E-state index in [2.05, 4.69) is 5.32 Å². The minimum Gasteiger partial charge on any atom is -0.506 e. The lowest BCUT2D eigenvalue weighted by Gasteiger charge is -2.20. The Morgan fingerprint density at radius 1 is 1.37 bits per heavy atom. The number of ether oxygens (including phenoxy) is 1. The van der Waals surface area contributed by atoms with Gasteiger partial charge in [0, 0.05) is 5.56 Å². The molecule has 0 atom stereocenters. The third-order valence-corrected chi connectivity index (χ3v) is 2.32. The van der Waals surface area contributed by atoms with Gasteiger partial charge in [-0.15, -0.1) is 11.6 Å². The number of ketones is 1. The van der Waals surface area contributed by atoms with Gasteiger partial charge in [-0.1, -0.05) is 0 Å². The van der Waals surface area contributed by atoms with E-state index in [1.807, 2.05) is 0 Å². The molecule has 0 aliphatic rings. The van der Waals surface area contributed by atoms with Crippen LogP contribution in [0, 0.1) is 0 Å². The fourth-order valence-electron chi connectivity index (χ4n) is 1.30. The summed E-state index contributed by atoms with van der Waals surface area (Å²) in [4.78, 5) is 22.9. The highest BCUT2D eigenvalue weighted by Gasteiger charge is 2.17. The Morgan fingerprint density at radius 3 is 2.47 bits per heavy atom. The normalized spacial score (nSPS) is 10.9. The first-order valence-electron chi connectivity index (χ1n) is 5.65. The molecule has 1 aromatic rings. The van der Waals surface area contributed by atoms with Crippen molar-refractivity contribution in [2.24, 2.45) is 0 Å². The van der Waals surface area contributed by atoms with Gasteiger partial charge in [-0.3, -0.25) is 10.1 Å². The van der Waals surface area contributed by atoms with Gasteiger partial charge in [-0.2, -0.15) is 0 Å². The van der Waals surface area contributed by atoms with Crippen molar-refractivity contribution in [2.45, 2.75) is 26.4 Å². The number of amides is 1. The molecular weight excluding hydrogens is 270 g/mol. The topological polar surface area (TPSA) is 75.6 Å². The number of carbonyl (C=O) groups is 2. The van der Waals surface area contributed by atoms with Crippen molar-refractivity contribution < 1.29 is 19.4 Å². The molecule has 19 heavy (non-hydrogen) atoms. The summed E-state index contributed by atoms with van der Waals surface area (Å²) >= 11 is 5.41. The fraction of sp³-hybridized carbons (Fsp3) is 0.385. The SMILES string of the molecule is CC(C)(C)OC(=O)Nc1ccc(C(=O)CCl)cc1O. The predicted octanol–water partition coefficient (Wildman–Crippen LogP) is 3.16. The van der Waals surface area contributed by atoms with Crippen LogP contribution in [0.1, 0.15) is 31.1 Å². The van der Waals surface area contributed by atoms with Crippen LogP contribution in [-0.4, -0.2) is 28.5 Å². The summed E-state index contributed by atoms with van der Waals surface area (Å²) in [5, 5.41) is 12.1. The van der Waals surface area contributed by atoms with Crippen LogP contribution < -0.4 is 5.32 Å². The summed E-state index contributed by atoms with van der Waals surface area (Å²) in [6.07, 6.45) is -0.681. The van der Waals surface area contributed by atoms with Crippen LogP contribution in [0.25, 0.3) is 0 Å². The molecule has 104 valence electrons. The van der Waals surface area contributed by atoms with Gasteiger partial charge < -0.3 is 9.84 Å². The number of Topliss-reactive ketones (excluding diaryl/α,β-unsaturated/α-hetero) is 1. The predicted molar refractivity (Wildman–Crippen MR) is 73.0 cm³/mol. The van der Waals surface area contributed by atoms with E-state index in [1.54, 1.807) is 20.8 Å². The largest absolute Gasteiger partial charge is 0.506 e. The van der Waals surface area contributed by atoms with Crippen LogP contribution in [-0.2, 0) is 4.74 Å². The van der Waals surface area contributed by atoms with Crippen molar-refractivity contribution in [3.8, 4) is 5.75 Å². The van der Waals surface area contributed by atoms with Crippen LogP contribution in [0.4, 0.5) is 10.5 Å². The summed E-state index contributed by atoms with van der Waals surface area (Å²) < 4.78 is 5.05. The molecule has 1 aromatic carbocycles. The molecule has 0 radical (unpaired) electrons. The highest BCUT2D eigenvalue weighted by Crippen LogP contribution is 2.25. The molecule has 0 aliphatic carbocycles. The smallest absolute Gasteiger partial charge is 0.412 e. The maximum absolute atomic E-state index is 11.5. The molecule has 0 unspecified atom stereocenters. The summed E-state index contributed by atoms with van der Waals surface area (Å²) in [6.45, 7) is 5.19. The number of alkyl halides is 1. The number of hydrogen-bond acceptors (Lipinski definition) is 4. The first kappa shape index (κ1) is 15.3. The minimum absolute atomic E-state index is 0.167. The molecule has 0 heterocycles. The van der Waals surface area contributed by atoms with Gasteiger partial charge in [0.2, 0.25) is 0 Å². The zero-order chi connectivity index (χ0) is 14.6. The van der Waals surface area contributed by atoms with E-state index < -0.39 is 11.7 Å². The van der Waals surface area contributed by atoms with Gasteiger partial charge in [0.1, 0.15) is 11.4 Å². The van der Waals surface area contributed by atoms with Crippen LogP contribution in [0.2, 0.25) is 0 Å². The van der Waals surface area contributed by atoms with Gasteiger partial charge in [0.25, 0.3) is 0 Å². The molecule has 1 rings (SSSR count). The van der Waals surface area contributed by atoms with Gasteiger partial charge in [0.15, 0.2) is 5.78 Å². The van der Waals surface area contributed by atoms with E-state index in [0.29, 0.717) is 0 Å². The van der Waals surface area contributed by atoms with Gasteiger partial charge in [-0.25, -0.2) is 4.79 Å². The second-order valence-corrected chi connectivity index (χ2v) is 5.18. The van der Waals surface area contributed by atoms with Crippen molar-refractivity contribution in [3.05, 3.63) is 23.8 Å². The van der Waals surface area contributed by atoms with Crippen molar-refractivity contribution in [3.63, 3.8) is 0 Å². The number of hydrogen-bond donors (Lipinski definition) is 2. The number of benzene rings is 1. The van der Waals surface area contributed by atoms with Crippen molar-refractivity contribution in [1.82, 2.24) is 0 Å². The second-order valence-electron chi connectivity index (χ2n) is 4.92. The van der Waals surface area contributed by atoms with Crippen LogP contribution in [0.5, 0.6) is 5.75 Å². The Balaban J connectivity index is 2.81. The molecule has 0 spiro atoms. The lowest BCUT2D eigenvalue weighted by atomic mass is 10.1. The minimum atomic E-state index is -0.681. The molecule has 0 bridgehead atoms. The number of halogens is 1. The number of nitrogens with one attached hydrogen (secondary N) is 1. The number of aromatic hydroxyl groups is 1. The number of anilines is 1. The highest BCUT2D eigenvalue weighted by molar-refractivity contribution is 6.30. The Hall–Kier alpha value is -1.75. The monoisotopic (exact) mass is 285 g/mol. The number of rotatable bonds is 3. The van der Waals surface area contributed by atoms with Crippen molar-refractivity contribution >= 4 is 29.2 Å². The fourth-order valence-corrected chi connectivity index (χ4v) is 1.46. The zero-order valence-corrected chi connectivity index (χ0v) is 11.7. The Morgan fingerprint density at radius 2 is 2.00 bits per heavy atom. The lowest BCUT2D eigenvalue weighted by molar-refractivity contribution is 0.0635. The van der Waals surface area contributed by atoms with E-state index >= 15 is 0 Å². The van der Waals surface area contributed by atoms with Gasteiger partial charge in [0.05, 0.1) is 11.6 Å².